The first-order valence-electron chi connectivity index (χ1n) is 5.49. The second-order valence-electron chi connectivity index (χ2n) is 4.73. The Kier molecular flexibility index (Phi) is 2.90. The molecule has 1 aliphatic carbocycles. The molecule has 86 valence electrons. The molecule has 2 rings (SSSR count). The van der Waals surface area contributed by atoms with Crippen LogP contribution in [0.5, 0.6) is 0 Å². The largest absolute Gasteiger partial charge is 0.325 e. The second kappa shape index (κ2) is 4.20. The molecule has 1 aromatic rings. The van der Waals surface area contributed by atoms with Crippen molar-refractivity contribution in [2.24, 2.45) is 5.41 Å². The van der Waals surface area contributed by atoms with Crippen molar-refractivity contribution in [1.29, 1.82) is 0 Å². The van der Waals surface area contributed by atoms with E-state index in [1.807, 2.05) is 0 Å². The lowest BCUT2D eigenvalue weighted by molar-refractivity contribution is -0.116. The molecule has 4 heteroatoms. The third-order valence-corrected chi connectivity index (χ3v) is 3.07. The Morgan fingerprint density at radius 3 is 2.88 bits per heavy atom. The van der Waals surface area contributed by atoms with Crippen molar-refractivity contribution in [2.75, 3.05) is 5.32 Å². The van der Waals surface area contributed by atoms with Gasteiger partial charge in [0.05, 0.1) is 11.9 Å². The molecule has 0 spiro atoms. The highest BCUT2D eigenvalue weighted by Gasteiger charge is 2.36. The molecular formula is C12H15FN2O. The molecule has 0 aliphatic heterocycles. The van der Waals surface area contributed by atoms with E-state index in [0.717, 1.165) is 6.42 Å². The van der Waals surface area contributed by atoms with Gasteiger partial charge in [-0.2, -0.15) is 4.39 Å². The minimum absolute atomic E-state index is 0.0264. The quantitative estimate of drug-likeness (QED) is 0.796. The van der Waals surface area contributed by atoms with Gasteiger partial charge in [0.15, 0.2) is 0 Å². The molecule has 0 bridgehead atoms. The molecule has 1 heterocycles. The molecule has 0 unspecified atom stereocenters. The van der Waals surface area contributed by atoms with Gasteiger partial charge in [0.2, 0.25) is 11.9 Å². The molecule has 1 fully saturated rings. The predicted octanol–water partition coefficient (Wildman–Crippen LogP) is 2.74. The van der Waals surface area contributed by atoms with Crippen LogP contribution in [0, 0.1) is 11.4 Å². The number of carbonyl (C=O) groups excluding carboxylic acids is 1. The monoisotopic (exact) mass is 222 g/mol. The van der Waals surface area contributed by atoms with Crippen molar-refractivity contribution in [3.05, 3.63) is 24.3 Å². The number of hydrogen-bond acceptors (Lipinski definition) is 2. The topological polar surface area (TPSA) is 42.0 Å². The minimum atomic E-state index is -0.538. The SMILES string of the molecule is CC1(CCC(=O)Nc2ccc(F)nc2)CC1. The van der Waals surface area contributed by atoms with Gasteiger partial charge in [-0.1, -0.05) is 6.92 Å². The van der Waals surface area contributed by atoms with Gasteiger partial charge in [-0.05, 0) is 36.8 Å². The summed E-state index contributed by atoms with van der Waals surface area (Å²) in [7, 11) is 0. The Labute approximate surface area is 94.1 Å². The van der Waals surface area contributed by atoms with Crippen LogP contribution in [0.1, 0.15) is 32.6 Å². The number of amides is 1. The third-order valence-electron chi connectivity index (χ3n) is 3.07. The first-order valence-corrected chi connectivity index (χ1v) is 5.49. The van der Waals surface area contributed by atoms with Crippen LogP contribution >= 0.6 is 0 Å². The number of pyridine rings is 1. The zero-order chi connectivity index (χ0) is 11.6. The van der Waals surface area contributed by atoms with Crippen molar-refractivity contribution < 1.29 is 9.18 Å². The van der Waals surface area contributed by atoms with E-state index < -0.39 is 5.95 Å². The number of nitrogens with one attached hydrogen (secondary N) is 1. The molecule has 1 aromatic heterocycles. The van der Waals surface area contributed by atoms with Gasteiger partial charge in [-0.3, -0.25) is 4.79 Å². The lowest BCUT2D eigenvalue weighted by Gasteiger charge is -2.08. The van der Waals surface area contributed by atoms with Crippen LogP contribution in [0.4, 0.5) is 10.1 Å². The smallest absolute Gasteiger partial charge is 0.224 e. The van der Waals surface area contributed by atoms with Gasteiger partial charge in [0, 0.05) is 6.42 Å². The summed E-state index contributed by atoms with van der Waals surface area (Å²) in [5, 5.41) is 2.70. The maximum atomic E-state index is 12.5. The van der Waals surface area contributed by atoms with E-state index in [1.165, 1.54) is 31.2 Å². The second-order valence-corrected chi connectivity index (χ2v) is 4.73. The normalized spacial score (nSPS) is 16.9. The number of carbonyl (C=O) groups is 1. The van der Waals surface area contributed by atoms with Crippen molar-refractivity contribution in [1.82, 2.24) is 4.98 Å². The Morgan fingerprint density at radius 2 is 2.31 bits per heavy atom. The first kappa shape index (κ1) is 11.0. The molecule has 0 saturated heterocycles. The highest BCUT2D eigenvalue weighted by molar-refractivity contribution is 5.90. The fourth-order valence-corrected chi connectivity index (χ4v) is 1.55. The average molecular weight is 222 g/mol. The molecule has 16 heavy (non-hydrogen) atoms. The summed E-state index contributed by atoms with van der Waals surface area (Å²) in [5.74, 6) is -0.565. The lowest BCUT2D eigenvalue weighted by atomic mass is 10.0. The van der Waals surface area contributed by atoms with Crippen LogP contribution in [0.25, 0.3) is 0 Å². The molecular weight excluding hydrogens is 207 g/mol. The predicted molar refractivity (Wildman–Crippen MR) is 59.4 cm³/mol. The van der Waals surface area contributed by atoms with Crippen LogP contribution in [0.3, 0.4) is 0 Å². The highest BCUT2D eigenvalue weighted by Crippen LogP contribution is 2.48. The summed E-state index contributed by atoms with van der Waals surface area (Å²) in [5.41, 5.74) is 0.936. The van der Waals surface area contributed by atoms with Crippen molar-refractivity contribution in [3.8, 4) is 0 Å². The summed E-state index contributed by atoms with van der Waals surface area (Å²) >= 11 is 0. The standard InChI is InChI=1S/C12H15FN2O/c1-12(6-7-12)5-4-11(16)15-9-2-3-10(13)14-8-9/h2-3,8H,4-7H2,1H3,(H,15,16). The van der Waals surface area contributed by atoms with Crippen LogP contribution in [0.15, 0.2) is 18.3 Å². The minimum Gasteiger partial charge on any atom is -0.325 e. The Morgan fingerprint density at radius 1 is 1.56 bits per heavy atom. The summed E-state index contributed by atoms with van der Waals surface area (Å²) in [6, 6.07) is 2.75. The van der Waals surface area contributed by atoms with E-state index in [9.17, 15) is 9.18 Å². The van der Waals surface area contributed by atoms with Crippen LogP contribution in [-0.4, -0.2) is 10.9 Å². The van der Waals surface area contributed by atoms with Crippen molar-refractivity contribution >= 4 is 11.6 Å². The maximum absolute atomic E-state index is 12.5. The number of hydrogen-bond donors (Lipinski definition) is 1. The molecule has 0 radical (unpaired) electrons. The van der Waals surface area contributed by atoms with Crippen molar-refractivity contribution in [2.45, 2.75) is 32.6 Å². The van der Waals surface area contributed by atoms with Crippen molar-refractivity contribution in [3.63, 3.8) is 0 Å². The molecule has 0 atom stereocenters. The van der Waals surface area contributed by atoms with E-state index in [1.54, 1.807) is 0 Å². The van der Waals surface area contributed by atoms with E-state index in [-0.39, 0.29) is 5.91 Å². The zero-order valence-electron chi connectivity index (χ0n) is 9.29. The number of nitrogens with zero attached hydrogens (tertiary/aromatic N) is 1. The average Bonchev–Trinajstić information content (AvgIpc) is 2.98. The van der Waals surface area contributed by atoms with Gasteiger partial charge < -0.3 is 5.32 Å². The number of rotatable bonds is 4. The molecule has 1 aliphatic rings. The van der Waals surface area contributed by atoms with Gasteiger partial charge in [-0.15, -0.1) is 0 Å². The van der Waals surface area contributed by atoms with Gasteiger partial charge >= 0.3 is 0 Å². The van der Waals surface area contributed by atoms with Gasteiger partial charge in [-0.25, -0.2) is 4.98 Å². The molecule has 1 saturated carbocycles. The van der Waals surface area contributed by atoms with E-state index in [2.05, 4.69) is 17.2 Å². The molecule has 1 amide bonds. The Hall–Kier alpha value is -1.45. The zero-order valence-corrected chi connectivity index (χ0v) is 9.29. The van der Waals surface area contributed by atoms with E-state index in [0.29, 0.717) is 17.5 Å². The fourth-order valence-electron chi connectivity index (χ4n) is 1.55. The maximum Gasteiger partial charge on any atom is 0.224 e. The van der Waals surface area contributed by atoms with Crippen LogP contribution < -0.4 is 5.32 Å². The van der Waals surface area contributed by atoms with E-state index >= 15 is 0 Å². The fraction of sp³-hybridized carbons (Fsp3) is 0.500. The van der Waals surface area contributed by atoms with Crippen LogP contribution in [-0.2, 0) is 4.79 Å². The van der Waals surface area contributed by atoms with Gasteiger partial charge in [0.1, 0.15) is 0 Å². The Balaban J connectivity index is 1.80. The number of aromatic nitrogens is 1. The summed E-state index contributed by atoms with van der Waals surface area (Å²) < 4.78 is 12.5. The summed E-state index contributed by atoms with van der Waals surface area (Å²) in [6.07, 6.45) is 5.21. The summed E-state index contributed by atoms with van der Waals surface area (Å²) in [6.45, 7) is 2.19. The van der Waals surface area contributed by atoms with Gasteiger partial charge in [0.25, 0.3) is 0 Å². The van der Waals surface area contributed by atoms with Crippen LogP contribution in [0.2, 0.25) is 0 Å². The molecule has 0 aromatic carbocycles. The lowest BCUT2D eigenvalue weighted by Crippen LogP contribution is -2.13. The Bertz CT molecular complexity index is 385. The summed E-state index contributed by atoms with van der Waals surface area (Å²) in [4.78, 5) is 15.0. The molecule has 1 N–H and O–H groups in total. The highest BCUT2D eigenvalue weighted by atomic mass is 19.1. The number of halogens is 1. The molecule has 3 nitrogen and oxygen atoms in total. The van der Waals surface area contributed by atoms with E-state index in [4.69, 9.17) is 0 Å². The number of anilines is 1. The first-order chi connectivity index (χ1) is 7.57. The third kappa shape index (κ3) is 3.02.